The van der Waals surface area contributed by atoms with Gasteiger partial charge in [-0.2, -0.15) is 0 Å². The molecule has 0 saturated carbocycles. The number of rotatable bonds is 1. The Hall–Kier alpha value is -0.450. The molecule has 2 nitrogen and oxygen atoms in total. The summed E-state index contributed by atoms with van der Waals surface area (Å²) in [5.41, 5.74) is 0.667. The minimum atomic E-state index is 0.0592. The fourth-order valence-corrected chi connectivity index (χ4v) is 0.903. The van der Waals surface area contributed by atoms with Gasteiger partial charge in [-0.15, -0.1) is 0 Å². The first-order valence-electron chi connectivity index (χ1n) is 2.82. The van der Waals surface area contributed by atoms with Crippen molar-refractivity contribution in [1.29, 1.82) is 0 Å². The van der Waals surface area contributed by atoms with Crippen molar-refractivity contribution in [2.45, 2.75) is 6.92 Å². The molecule has 0 unspecified atom stereocenters. The molecule has 0 N–H and O–H groups in total. The van der Waals surface area contributed by atoms with E-state index in [1.54, 1.807) is 12.3 Å². The van der Waals surface area contributed by atoms with E-state index in [0.717, 1.165) is 3.70 Å². The number of hydrogen-bond acceptors (Lipinski definition) is 2. The Morgan fingerprint density at radius 2 is 2.30 bits per heavy atom. The van der Waals surface area contributed by atoms with Gasteiger partial charge in [0.05, 0.1) is 0 Å². The zero-order valence-corrected chi connectivity index (χ0v) is 7.62. The highest BCUT2D eigenvalue weighted by Gasteiger charge is 1.96. The topological polar surface area (TPSA) is 30.0 Å². The van der Waals surface area contributed by atoms with Crippen molar-refractivity contribution < 1.29 is 4.79 Å². The van der Waals surface area contributed by atoms with E-state index in [-0.39, 0.29) is 5.78 Å². The first kappa shape index (κ1) is 7.65. The normalized spacial score (nSPS) is 9.40. The molecule has 0 aliphatic heterocycles. The van der Waals surface area contributed by atoms with Crippen LogP contribution in [0.25, 0.3) is 0 Å². The van der Waals surface area contributed by atoms with Gasteiger partial charge in [0.25, 0.3) is 0 Å². The van der Waals surface area contributed by atoms with Gasteiger partial charge in [0, 0.05) is 11.8 Å². The van der Waals surface area contributed by atoms with Crippen LogP contribution in [0.2, 0.25) is 0 Å². The molecule has 1 heterocycles. The second kappa shape index (κ2) is 3.09. The van der Waals surface area contributed by atoms with Crippen molar-refractivity contribution in [3.05, 3.63) is 27.6 Å². The zero-order chi connectivity index (χ0) is 7.56. The molecule has 1 aromatic heterocycles. The molecular weight excluding hydrogens is 241 g/mol. The van der Waals surface area contributed by atoms with Crippen LogP contribution >= 0.6 is 22.6 Å². The summed E-state index contributed by atoms with van der Waals surface area (Å²) in [6.07, 6.45) is 1.59. The van der Waals surface area contributed by atoms with Gasteiger partial charge in [-0.25, -0.2) is 4.98 Å². The summed E-state index contributed by atoms with van der Waals surface area (Å²) < 4.78 is 0.905. The van der Waals surface area contributed by atoms with Crippen LogP contribution in [0.15, 0.2) is 18.3 Å². The fourth-order valence-electron chi connectivity index (χ4n) is 0.584. The van der Waals surface area contributed by atoms with Crippen molar-refractivity contribution in [1.82, 2.24) is 4.98 Å². The second-order valence-corrected chi connectivity index (χ2v) is 3.03. The maximum atomic E-state index is 10.7. The highest BCUT2D eigenvalue weighted by Crippen LogP contribution is 2.02. The lowest BCUT2D eigenvalue weighted by Gasteiger charge is -1.92. The van der Waals surface area contributed by atoms with Gasteiger partial charge in [-0.1, -0.05) is 0 Å². The van der Waals surface area contributed by atoms with Crippen LogP contribution in [-0.2, 0) is 0 Å². The molecular formula is C7H6INO. The number of ketones is 1. The van der Waals surface area contributed by atoms with Crippen LogP contribution in [-0.4, -0.2) is 10.8 Å². The highest BCUT2D eigenvalue weighted by molar-refractivity contribution is 14.1. The summed E-state index contributed by atoms with van der Waals surface area (Å²) in [5.74, 6) is 0.0592. The van der Waals surface area contributed by atoms with E-state index in [4.69, 9.17) is 0 Å². The monoisotopic (exact) mass is 247 g/mol. The van der Waals surface area contributed by atoms with Gasteiger partial charge >= 0.3 is 0 Å². The van der Waals surface area contributed by atoms with Crippen LogP contribution in [0, 0.1) is 3.70 Å². The first-order valence-corrected chi connectivity index (χ1v) is 3.90. The predicted octanol–water partition coefficient (Wildman–Crippen LogP) is 1.89. The molecule has 0 spiro atoms. The van der Waals surface area contributed by atoms with Crippen molar-refractivity contribution >= 4 is 28.4 Å². The SMILES string of the molecule is CC(=O)c1ccc(I)nc1. The van der Waals surface area contributed by atoms with Gasteiger partial charge in [0.15, 0.2) is 5.78 Å². The van der Waals surface area contributed by atoms with Gasteiger partial charge < -0.3 is 0 Å². The Morgan fingerprint density at radius 1 is 1.60 bits per heavy atom. The number of aromatic nitrogens is 1. The summed E-state index contributed by atoms with van der Waals surface area (Å²) in [6.45, 7) is 1.53. The number of hydrogen-bond donors (Lipinski definition) is 0. The van der Waals surface area contributed by atoms with E-state index in [0.29, 0.717) is 5.56 Å². The second-order valence-electron chi connectivity index (χ2n) is 1.93. The Bertz CT molecular complexity index is 242. The number of carbonyl (C=O) groups is 1. The summed E-state index contributed by atoms with van der Waals surface area (Å²) in [6, 6.07) is 3.59. The Balaban J connectivity index is 3.00. The third-order valence-corrected chi connectivity index (χ3v) is 1.77. The summed E-state index contributed by atoms with van der Waals surface area (Å²) in [5, 5.41) is 0. The average Bonchev–Trinajstić information content (AvgIpc) is 1.88. The van der Waals surface area contributed by atoms with E-state index < -0.39 is 0 Å². The van der Waals surface area contributed by atoms with E-state index in [2.05, 4.69) is 27.6 Å². The molecule has 0 radical (unpaired) electrons. The Morgan fingerprint density at radius 3 is 2.70 bits per heavy atom. The number of pyridine rings is 1. The Kier molecular flexibility index (Phi) is 2.37. The van der Waals surface area contributed by atoms with Crippen molar-refractivity contribution in [3.63, 3.8) is 0 Å². The minimum Gasteiger partial charge on any atom is -0.294 e. The number of nitrogens with zero attached hydrogens (tertiary/aromatic N) is 1. The standard InChI is InChI=1S/C7H6INO/c1-5(10)6-2-3-7(8)9-4-6/h2-4H,1H3. The van der Waals surface area contributed by atoms with Crippen LogP contribution in [0.5, 0.6) is 0 Å². The molecule has 0 saturated heterocycles. The van der Waals surface area contributed by atoms with Crippen LogP contribution in [0.1, 0.15) is 17.3 Å². The van der Waals surface area contributed by atoms with Crippen LogP contribution in [0.4, 0.5) is 0 Å². The largest absolute Gasteiger partial charge is 0.294 e. The molecule has 52 valence electrons. The summed E-state index contributed by atoms with van der Waals surface area (Å²) in [4.78, 5) is 14.7. The van der Waals surface area contributed by atoms with Crippen LogP contribution < -0.4 is 0 Å². The minimum absolute atomic E-state index is 0.0592. The molecule has 0 bridgehead atoms. The third-order valence-electron chi connectivity index (χ3n) is 1.13. The fraction of sp³-hybridized carbons (Fsp3) is 0.143. The third kappa shape index (κ3) is 1.76. The van der Waals surface area contributed by atoms with Crippen molar-refractivity contribution in [2.75, 3.05) is 0 Å². The van der Waals surface area contributed by atoms with Gasteiger partial charge in [0.1, 0.15) is 3.70 Å². The number of carbonyl (C=O) groups excluding carboxylic acids is 1. The lowest BCUT2D eigenvalue weighted by molar-refractivity contribution is 0.101. The lowest BCUT2D eigenvalue weighted by Crippen LogP contribution is -1.92. The van der Waals surface area contributed by atoms with E-state index in [1.165, 1.54) is 6.92 Å². The van der Waals surface area contributed by atoms with Gasteiger partial charge in [-0.05, 0) is 41.6 Å². The number of halogens is 1. The lowest BCUT2D eigenvalue weighted by atomic mass is 10.2. The first-order chi connectivity index (χ1) is 4.70. The molecule has 10 heavy (non-hydrogen) atoms. The van der Waals surface area contributed by atoms with Crippen molar-refractivity contribution in [2.24, 2.45) is 0 Å². The van der Waals surface area contributed by atoms with Gasteiger partial charge in [0.2, 0.25) is 0 Å². The molecule has 1 rings (SSSR count). The number of Topliss-reactive ketones (excluding diaryl/α,β-unsaturated/α-hetero) is 1. The highest BCUT2D eigenvalue weighted by atomic mass is 127. The van der Waals surface area contributed by atoms with E-state index in [1.807, 2.05) is 6.07 Å². The average molecular weight is 247 g/mol. The molecule has 0 aliphatic rings. The maximum Gasteiger partial charge on any atom is 0.161 e. The summed E-state index contributed by atoms with van der Waals surface area (Å²) >= 11 is 2.10. The Labute approximate surface area is 72.8 Å². The molecule has 0 amide bonds. The smallest absolute Gasteiger partial charge is 0.161 e. The molecule has 0 fully saturated rings. The maximum absolute atomic E-state index is 10.7. The zero-order valence-electron chi connectivity index (χ0n) is 5.47. The van der Waals surface area contributed by atoms with E-state index >= 15 is 0 Å². The summed E-state index contributed by atoms with van der Waals surface area (Å²) in [7, 11) is 0. The molecule has 0 aromatic carbocycles. The molecule has 0 atom stereocenters. The predicted molar refractivity (Wildman–Crippen MR) is 47.0 cm³/mol. The van der Waals surface area contributed by atoms with E-state index in [9.17, 15) is 4.79 Å². The molecule has 0 aliphatic carbocycles. The van der Waals surface area contributed by atoms with Crippen LogP contribution in [0.3, 0.4) is 0 Å². The molecule has 1 aromatic rings. The van der Waals surface area contributed by atoms with Gasteiger partial charge in [-0.3, -0.25) is 4.79 Å². The van der Waals surface area contributed by atoms with Crippen molar-refractivity contribution in [3.8, 4) is 0 Å². The molecule has 3 heteroatoms. The quantitative estimate of drug-likeness (QED) is 0.431.